The van der Waals surface area contributed by atoms with Gasteiger partial charge in [0.25, 0.3) is 5.91 Å². The van der Waals surface area contributed by atoms with E-state index in [1.54, 1.807) is 17.0 Å². The summed E-state index contributed by atoms with van der Waals surface area (Å²) in [4.78, 5) is 28.2. The van der Waals surface area contributed by atoms with Crippen molar-refractivity contribution in [3.05, 3.63) is 24.2 Å². The summed E-state index contributed by atoms with van der Waals surface area (Å²) in [5, 5.41) is 0. The van der Waals surface area contributed by atoms with Crippen LogP contribution in [-0.2, 0) is 4.79 Å². The molecule has 1 unspecified atom stereocenters. The summed E-state index contributed by atoms with van der Waals surface area (Å²) in [5.41, 5.74) is 0. The minimum absolute atomic E-state index is 0.0826. The van der Waals surface area contributed by atoms with Crippen LogP contribution in [0.4, 0.5) is 0 Å². The third-order valence-electron chi connectivity index (χ3n) is 4.37. The number of piperazine rings is 1. The Labute approximate surface area is 135 Å². The molecule has 0 bridgehead atoms. The van der Waals surface area contributed by atoms with Gasteiger partial charge in [-0.1, -0.05) is 0 Å². The van der Waals surface area contributed by atoms with Crippen molar-refractivity contribution in [2.75, 3.05) is 37.7 Å². The monoisotopic (exact) mass is 322 g/mol. The van der Waals surface area contributed by atoms with Crippen LogP contribution in [0.25, 0.3) is 0 Å². The van der Waals surface area contributed by atoms with Crippen molar-refractivity contribution >= 4 is 23.6 Å². The average Bonchev–Trinajstić information content (AvgIpc) is 3.10. The Hall–Kier alpha value is -1.43. The molecular formula is C16H22N2O3S. The number of hydrogen-bond donors (Lipinski definition) is 0. The molecule has 0 N–H and O–H groups in total. The van der Waals surface area contributed by atoms with Crippen LogP contribution in [0.5, 0.6) is 0 Å². The average molecular weight is 322 g/mol. The van der Waals surface area contributed by atoms with Crippen molar-refractivity contribution in [2.24, 2.45) is 5.92 Å². The lowest BCUT2D eigenvalue weighted by Crippen LogP contribution is -2.50. The summed E-state index contributed by atoms with van der Waals surface area (Å²) < 4.78 is 5.15. The Morgan fingerprint density at radius 2 is 2.00 bits per heavy atom. The van der Waals surface area contributed by atoms with Crippen LogP contribution >= 0.6 is 11.8 Å². The number of carbonyl (C=O) groups excluding carboxylic acids is 2. The van der Waals surface area contributed by atoms with Crippen molar-refractivity contribution in [1.82, 2.24) is 9.80 Å². The van der Waals surface area contributed by atoms with Crippen molar-refractivity contribution in [2.45, 2.75) is 19.3 Å². The smallest absolute Gasteiger partial charge is 0.289 e. The van der Waals surface area contributed by atoms with Gasteiger partial charge in [0.15, 0.2) is 5.76 Å². The number of nitrogens with zero attached hydrogens (tertiary/aromatic N) is 2. The Morgan fingerprint density at radius 3 is 2.64 bits per heavy atom. The summed E-state index contributed by atoms with van der Waals surface area (Å²) in [6.45, 7) is 2.44. The molecule has 6 heteroatoms. The zero-order chi connectivity index (χ0) is 15.4. The number of amides is 2. The summed E-state index contributed by atoms with van der Waals surface area (Å²) in [5.74, 6) is 3.42. The van der Waals surface area contributed by atoms with Gasteiger partial charge in [0.2, 0.25) is 5.91 Å². The van der Waals surface area contributed by atoms with Gasteiger partial charge in [0, 0.05) is 32.6 Å². The third kappa shape index (κ3) is 3.66. The molecule has 0 aromatic carbocycles. The van der Waals surface area contributed by atoms with Crippen LogP contribution in [0.2, 0.25) is 0 Å². The van der Waals surface area contributed by atoms with E-state index in [1.807, 2.05) is 16.7 Å². The molecule has 1 aromatic heterocycles. The molecule has 5 nitrogen and oxygen atoms in total. The third-order valence-corrected chi connectivity index (χ3v) is 5.65. The highest BCUT2D eigenvalue weighted by atomic mass is 32.2. The van der Waals surface area contributed by atoms with E-state index in [0.29, 0.717) is 44.3 Å². The molecule has 2 aliphatic heterocycles. The van der Waals surface area contributed by atoms with E-state index >= 15 is 0 Å². The maximum atomic E-state index is 12.4. The summed E-state index contributed by atoms with van der Waals surface area (Å²) in [7, 11) is 0. The van der Waals surface area contributed by atoms with Gasteiger partial charge in [0.1, 0.15) is 0 Å². The predicted molar refractivity (Wildman–Crippen MR) is 85.9 cm³/mol. The van der Waals surface area contributed by atoms with Gasteiger partial charge in [0.05, 0.1) is 6.26 Å². The topological polar surface area (TPSA) is 53.8 Å². The number of hydrogen-bond acceptors (Lipinski definition) is 4. The maximum Gasteiger partial charge on any atom is 0.289 e. The Balaban J connectivity index is 1.46. The SMILES string of the molecule is O=C(CC1CCCSC1)N1CCN(C(=O)c2ccco2)CC1. The highest BCUT2D eigenvalue weighted by Crippen LogP contribution is 2.25. The van der Waals surface area contributed by atoms with Gasteiger partial charge in [-0.05, 0) is 42.4 Å². The lowest BCUT2D eigenvalue weighted by Gasteiger charge is -2.35. The molecule has 0 radical (unpaired) electrons. The molecule has 1 atom stereocenters. The van der Waals surface area contributed by atoms with Gasteiger partial charge in [-0.15, -0.1) is 0 Å². The lowest BCUT2D eigenvalue weighted by molar-refractivity contribution is -0.133. The summed E-state index contributed by atoms with van der Waals surface area (Å²) in [6.07, 6.45) is 4.58. The van der Waals surface area contributed by atoms with Crippen LogP contribution in [0.15, 0.2) is 22.8 Å². The standard InChI is InChI=1S/C16H22N2O3S/c19-15(11-13-3-2-10-22-12-13)17-5-7-18(8-6-17)16(20)14-4-1-9-21-14/h1,4,9,13H,2-3,5-8,10-12H2. The number of thioether (sulfide) groups is 1. The largest absolute Gasteiger partial charge is 0.459 e. The van der Waals surface area contributed by atoms with E-state index in [0.717, 1.165) is 5.75 Å². The van der Waals surface area contributed by atoms with E-state index in [-0.39, 0.29) is 11.8 Å². The fraction of sp³-hybridized carbons (Fsp3) is 0.625. The lowest BCUT2D eigenvalue weighted by atomic mass is 10.0. The molecular weight excluding hydrogens is 300 g/mol. The Morgan fingerprint density at radius 1 is 1.23 bits per heavy atom. The Bertz CT molecular complexity index is 503. The van der Waals surface area contributed by atoms with Crippen LogP contribution in [0.3, 0.4) is 0 Å². The van der Waals surface area contributed by atoms with E-state index < -0.39 is 0 Å². The fourth-order valence-corrected chi connectivity index (χ4v) is 4.21. The number of rotatable bonds is 3. The van der Waals surface area contributed by atoms with Crippen LogP contribution in [0, 0.1) is 5.92 Å². The van der Waals surface area contributed by atoms with Gasteiger partial charge < -0.3 is 14.2 Å². The molecule has 0 aliphatic carbocycles. The van der Waals surface area contributed by atoms with Gasteiger partial charge in [-0.25, -0.2) is 0 Å². The van der Waals surface area contributed by atoms with Crippen molar-refractivity contribution in [3.63, 3.8) is 0 Å². The van der Waals surface area contributed by atoms with Crippen LogP contribution < -0.4 is 0 Å². The van der Waals surface area contributed by atoms with E-state index in [1.165, 1.54) is 24.9 Å². The first-order valence-corrected chi connectivity index (χ1v) is 9.08. The quantitative estimate of drug-likeness (QED) is 0.855. The molecule has 0 saturated carbocycles. The predicted octanol–water partition coefficient (Wildman–Crippen LogP) is 2.10. The highest BCUT2D eigenvalue weighted by Gasteiger charge is 2.27. The van der Waals surface area contributed by atoms with E-state index in [2.05, 4.69) is 0 Å². The second-order valence-electron chi connectivity index (χ2n) is 5.94. The molecule has 2 fully saturated rings. The molecule has 1 aromatic rings. The number of furan rings is 1. The zero-order valence-corrected chi connectivity index (χ0v) is 13.5. The second kappa shape index (κ2) is 7.22. The molecule has 3 heterocycles. The molecule has 0 spiro atoms. The summed E-state index contributed by atoms with van der Waals surface area (Å²) in [6, 6.07) is 3.40. The molecule has 2 saturated heterocycles. The second-order valence-corrected chi connectivity index (χ2v) is 7.09. The minimum Gasteiger partial charge on any atom is -0.459 e. The van der Waals surface area contributed by atoms with E-state index in [9.17, 15) is 9.59 Å². The van der Waals surface area contributed by atoms with Gasteiger partial charge >= 0.3 is 0 Å². The van der Waals surface area contributed by atoms with E-state index in [4.69, 9.17) is 4.42 Å². The fourth-order valence-electron chi connectivity index (χ4n) is 3.06. The first kappa shape index (κ1) is 15.5. The van der Waals surface area contributed by atoms with Gasteiger partial charge in [-0.2, -0.15) is 11.8 Å². The molecule has 2 amide bonds. The number of carbonyl (C=O) groups is 2. The van der Waals surface area contributed by atoms with Crippen molar-refractivity contribution in [1.29, 1.82) is 0 Å². The molecule has 2 aliphatic rings. The summed E-state index contributed by atoms with van der Waals surface area (Å²) >= 11 is 1.96. The first-order valence-electron chi connectivity index (χ1n) is 7.92. The minimum atomic E-state index is -0.0826. The van der Waals surface area contributed by atoms with Crippen molar-refractivity contribution in [3.8, 4) is 0 Å². The van der Waals surface area contributed by atoms with Crippen LogP contribution in [-0.4, -0.2) is 59.3 Å². The molecule has 3 rings (SSSR count). The Kier molecular flexibility index (Phi) is 5.08. The highest BCUT2D eigenvalue weighted by molar-refractivity contribution is 7.99. The molecule has 120 valence electrons. The van der Waals surface area contributed by atoms with Crippen molar-refractivity contribution < 1.29 is 14.0 Å². The van der Waals surface area contributed by atoms with Crippen LogP contribution in [0.1, 0.15) is 29.8 Å². The maximum absolute atomic E-state index is 12.4. The zero-order valence-electron chi connectivity index (χ0n) is 12.7. The normalized spacial score (nSPS) is 22.6. The first-order chi connectivity index (χ1) is 10.7. The van der Waals surface area contributed by atoms with Gasteiger partial charge in [-0.3, -0.25) is 9.59 Å². The molecule has 22 heavy (non-hydrogen) atoms.